The van der Waals surface area contributed by atoms with E-state index in [2.05, 4.69) is 18.7 Å². The summed E-state index contributed by atoms with van der Waals surface area (Å²) in [4.78, 5) is 24.9. The number of anilines is 1. The number of nitrogens with zero attached hydrogens (tertiary/aromatic N) is 1. The monoisotopic (exact) mass is 441 g/mol. The van der Waals surface area contributed by atoms with Gasteiger partial charge in [0.25, 0.3) is 0 Å². The number of carbonyl (C=O) groups excluding carboxylic acids is 1. The van der Waals surface area contributed by atoms with Gasteiger partial charge in [0.15, 0.2) is 12.6 Å². The molecule has 0 spiro atoms. The molecule has 1 unspecified atom stereocenters. The maximum atomic E-state index is 11.9. The standard InChI is InChI=1S/C26H35NO5/c1-4-6-17-31-20(3)32-25-11-8-7-10-23(25)21-13-14-24(22(18-21)19-28)27(15-5-2)16-9-12-26(29)30/h7-8,10-11,13-14,18-20H,4-6,9,12,15-17H2,1-3H3,(H,29,30). The molecule has 6 nitrogen and oxygen atoms in total. The maximum Gasteiger partial charge on any atom is 0.303 e. The summed E-state index contributed by atoms with van der Waals surface area (Å²) in [6.45, 7) is 8.06. The van der Waals surface area contributed by atoms with E-state index in [-0.39, 0.29) is 12.7 Å². The number of carboxylic acid groups (broad SMARTS) is 1. The van der Waals surface area contributed by atoms with Crippen LogP contribution in [0, 0.1) is 0 Å². The molecule has 2 aromatic rings. The normalized spacial score (nSPS) is 11.7. The molecule has 0 heterocycles. The number of para-hydroxylation sites is 1. The Morgan fingerprint density at radius 2 is 1.88 bits per heavy atom. The van der Waals surface area contributed by atoms with Crippen LogP contribution in [0.2, 0.25) is 0 Å². The summed E-state index contributed by atoms with van der Waals surface area (Å²) in [6.07, 6.45) is 4.08. The first-order valence-corrected chi connectivity index (χ1v) is 11.4. The second kappa shape index (κ2) is 13.5. The molecule has 0 saturated heterocycles. The first-order valence-electron chi connectivity index (χ1n) is 11.4. The van der Waals surface area contributed by atoms with Gasteiger partial charge in [0.05, 0.1) is 6.61 Å². The molecule has 174 valence electrons. The highest BCUT2D eigenvalue weighted by atomic mass is 16.7. The molecule has 0 aliphatic carbocycles. The van der Waals surface area contributed by atoms with Gasteiger partial charge in [0, 0.05) is 36.3 Å². The number of hydrogen-bond donors (Lipinski definition) is 1. The largest absolute Gasteiger partial charge is 0.481 e. The number of ether oxygens (including phenoxy) is 2. The molecule has 2 aromatic carbocycles. The molecular weight excluding hydrogens is 406 g/mol. The van der Waals surface area contributed by atoms with Gasteiger partial charge >= 0.3 is 5.97 Å². The van der Waals surface area contributed by atoms with Crippen LogP contribution in [0.4, 0.5) is 5.69 Å². The third kappa shape index (κ3) is 7.68. The highest BCUT2D eigenvalue weighted by Crippen LogP contribution is 2.33. The van der Waals surface area contributed by atoms with Crippen LogP contribution in [-0.4, -0.2) is 43.3 Å². The number of aldehydes is 1. The third-order valence-corrected chi connectivity index (χ3v) is 5.15. The van der Waals surface area contributed by atoms with Gasteiger partial charge in [-0.05, 0) is 49.9 Å². The van der Waals surface area contributed by atoms with Crippen molar-refractivity contribution in [2.75, 3.05) is 24.6 Å². The van der Waals surface area contributed by atoms with Gasteiger partial charge in [-0.1, -0.05) is 44.5 Å². The van der Waals surface area contributed by atoms with E-state index in [0.717, 1.165) is 48.9 Å². The van der Waals surface area contributed by atoms with Gasteiger partial charge in [-0.25, -0.2) is 0 Å². The molecule has 2 rings (SSSR count). The molecule has 0 bridgehead atoms. The minimum Gasteiger partial charge on any atom is -0.481 e. The van der Waals surface area contributed by atoms with Crippen LogP contribution in [0.25, 0.3) is 11.1 Å². The van der Waals surface area contributed by atoms with Crippen LogP contribution in [0.15, 0.2) is 42.5 Å². The lowest BCUT2D eigenvalue weighted by Gasteiger charge is -2.26. The Morgan fingerprint density at radius 1 is 1.09 bits per heavy atom. The van der Waals surface area contributed by atoms with Crippen molar-refractivity contribution in [2.24, 2.45) is 0 Å². The first-order chi connectivity index (χ1) is 15.5. The minimum atomic E-state index is -0.808. The van der Waals surface area contributed by atoms with E-state index < -0.39 is 5.97 Å². The molecule has 0 saturated carbocycles. The van der Waals surface area contributed by atoms with Gasteiger partial charge in [0.2, 0.25) is 0 Å². The Balaban J connectivity index is 2.26. The maximum absolute atomic E-state index is 11.9. The average Bonchev–Trinajstić information content (AvgIpc) is 2.78. The van der Waals surface area contributed by atoms with E-state index in [1.54, 1.807) is 0 Å². The Kier molecular flexibility index (Phi) is 10.7. The van der Waals surface area contributed by atoms with Crippen molar-refractivity contribution in [3.05, 3.63) is 48.0 Å². The number of carboxylic acids is 1. The average molecular weight is 442 g/mol. The molecule has 32 heavy (non-hydrogen) atoms. The Bertz CT molecular complexity index is 867. The van der Waals surface area contributed by atoms with Crippen molar-refractivity contribution in [1.29, 1.82) is 0 Å². The van der Waals surface area contributed by atoms with Crippen LogP contribution in [0.1, 0.15) is 63.2 Å². The van der Waals surface area contributed by atoms with Gasteiger partial charge in [0.1, 0.15) is 5.75 Å². The van der Waals surface area contributed by atoms with Crippen molar-refractivity contribution < 1.29 is 24.2 Å². The smallest absolute Gasteiger partial charge is 0.303 e. The predicted octanol–water partition coefficient (Wildman–Crippen LogP) is 5.79. The van der Waals surface area contributed by atoms with Gasteiger partial charge < -0.3 is 19.5 Å². The van der Waals surface area contributed by atoms with Crippen LogP contribution in [0.3, 0.4) is 0 Å². The summed E-state index contributed by atoms with van der Waals surface area (Å²) in [5, 5.41) is 8.94. The Labute approximate surface area is 191 Å². The minimum absolute atomic E-state index is 0.109. The lowest BCUT2D eigenvalue weighted by molar-refractivity contribution is -0.137. The Hall–Kier alpha value is -2.86. The fourth-order valence-electron chi connectivity index (χ4n) is 3.56. The zero-order valence-corrected chi connectivity index (χ0v) is 19.4. The quantitative estimate of drug-likeness (QED) is 0.214. The molecule has 0 aromatic heterocycles. The number of benzene rings is 2. The van der Waals surface area contributed by atoms with Crippen molar-refractivity contribution in [3.8, 4) is 16.9 Å². The van der Waals surface area contributed by atoms with E-state index in [4.69, 9.17) is 14.6 Å². The number of unbranched alkanes of at least 4 members (excludes halogenated alkanes) is 1. The van der Waals surface area contributed by atoms with Gasteiger partial charge in [-0.3, -0.25) is 9.59 Å². The summed E-state index contributed by atoms with van der Waals surface area (Å²) in [6, 6.07) is 13.5. The molecule has 0 fully saturated rings. The highest BCUT2D eigenvalue weighted by molar-refractivity contribution is 5.88. The second-order valence-corrected chi connectivity index (χ2v) is 7.78. The van der Waals surface area contributed by atoms with Gasteiger partial charge in [-0.15, -0.1) is 0 Å². The number of aliphatic carboxylic acids is 1. The summed E-state index contributed by atoms with van der Waals surface area (Å²) in [5.41, 5.74) is 3.18. The Morgan fingerprint density at radius 3 is 2.56 bits per heavy atom. The van der Waals surface area contributed by atoms with Crippen molar-refractivity contribution >= 4 is 17.9 Å². The lowest BCUT2D eigenvalue weighted by Crippen LogP contribution is -2.26. The van der Waals surface area contributed by atoms with Crippen LogP contribution < -0.4 is 9.64 Å². The van der Waals surface area contributed by atoms with Crippen molar-refractivity contribution in [2.45, 2.75) is 59.2 Å². The zero-order chi connectivity index (χ0) is 23.3. The number of hydrogen-bond acceptors (Lipinski definition) is 5. The highest BCUT2D eigenvalue weighted by Gasteiger charge is 2.15. The van der Waals surface area contributed by atoms with Gasteiger partial charge in [-0.2, -0.15) is 0 Å². The lowest BCUT2D eigenvalue weighted by atomic mass is 10.0. The molecule has 0 aliphatic heterocycles. The van der Waals surface area contributed by atoms with E-state index in [1.807, 2.05) is 49.4 Å². The fourth-order valence-corrected chi connectivity index (χ4v) is 3.56. The van der Waals surface area contributed by atoms with Crippen LogP contribution in [0.5, 0.6) is 5.75 Å². The second-order valence-electron chi connectivity index (χ2n) is 7.78. The fraction of sp³-hybridized carbons (Fsp3) is 0.462. The first kappa shape index (κ1) is 25.4. The summed E-state index contributed by atoms with van der Waals surface area (Å²) >= 11 is 0. The third-order valence-electron chi connectivity index (χ3n) is 5.15. The summed E-state index contributed by atoms with van der Waals surface area (Å²) in [7, 11) is 0. The summed E-state index contributed by atoms with van der Waals surface area (Å²) < 4.78 is 11.8. The summed E-state index contributed by atoms with van der Waals surface area (Å²) in [5.74, 6) is -0.107. The van der Waals surface area contributed by atoms with E-state index >= 15 is 0 Å². The molecule has 0 aliphatic rings. The molecule has 0 amide bonds. The van der Waals surface area contributed by atoms with E-state index in [9.17, 15) is 9.59 Å². The number of rotatable bonds is 15. The van der Waals surface area contributed by atoms with Crippen LogP contribution >= 0.6 is 0 Å². The number of carbonyl (C=O) groups is 2. The molecule has 1 N–H and O–H groups in total. The molecule has 1 atom stereocenters. The van der Waals surface area contributed by atoms with Crippen molar-refractivity contribution in [1.82, 2.24) is 0 Å². The zero-order valence-electron chi connectivity index (χ0n) is 19.4. The molecule has 0 radical (unpaired) electrons. The van der Waals surface area contributed by atoms with Crippen molar-refractivity contribution in [3.63, 3.8) is 0 Å². The van der Waals surface area contributed by atoms with E-state index in [0.29, 0.717) is 30.9 Å². The van der Waals surface area contributed by atoms with E-state index in [1.165, 1.54) is 0 Å². The predicted molar refractivity (Wildman–Crippen MR) is 128 cm³/mol. The molecular formula is C26H35NO5. The topological polar surface area (TPSA) is 76.1 Å². The SMILES string of the molecule is CCCCOC(C)Oc1ccccc1-c1ccc(N(CCC)CCCC(=O)O)c(C=O)c1. The van der Waals surface area contributed by atoms with Crippen LogP contribution in [-0.2, 0) is 9.53 Å². The molecule has 6 heteroatoms.